The van der Waals surface area contributed by atoms with Gasteiger partial charge in [0.25, 0.3) is 0 Å². The molecule has 2 N–H and O–H groups in total. The van der Waals surface area contributed by atoms with E-state index >= 15 is 0 Å². The molecular formula is C13H18FNO5S. The first-order valence-electron chi connectivity index (χ1n) is 6.44. The van der Waals surface area contributed by atoms with Crippen LogP contribution in [0.3, 0.4) is 0 Å². The molecule has 1 aromatic carbocycles. The molecule has 118 valence electrons. The minimum atomic E-state index is -3.81. The highest BCUT2D eigenvalue weighted by Crippen LogP contribution is 2.22. The Morgan fingerprint density at radius 1 is 1.52 bits per heavy atom. The number of hydrogen-bond acceptors (Lipinski definition) is 5. The lowest BCUT2D eigenvalue weighted by Gasteiger charge is -2.25. The minimum absolute atomic E-state index is 0.0662. The van der Waals surface area contributed by atoms with Crippen LogP contribution in [0.5, 0.6) is 0 Å². The quantitative estimate of drug-likeness (QED) is 0.793. The molecule has 1 aliphatic heterocycles. The van der Waals surface area contributed by atoms with Crippen LogP contribution in [0.15, 0.2) is 23.1 Å². The van der Waals surface area contributed by atoms with Crippen molar-refractivity contribution in [2.75, 3.05) is 26.9 Å². The first-order chi connectivity index (χ1) is 9.92. The van der Waals surface area contributed by atoms with Gasteiger partial charge in [-0.2, -0.15) is 0 Å². The Labute approximate surface area is 122 Å². The van der Waals surface area contributed by atoms with Gasteiger partial charge in [0.15, 0.2) is 0 Å². The molecule has 0 saturated carbocycles. The summed E-state index contributed by atoms with van der Waals surface area (Å²) in [5.74, 6) is -0.644. The molecular weight excluding hydrogens is 301 g/mol. The van der Waals surface area contributed by atoms with Crippen LogP contribution in [0, 0.1) is 5.82 Å². The van der Waals surface area contributed by atoms with Gasteiger partial charge in [0.2, 0.25) is 10.0 Å². The summed E-state index contributed by atoms with van der Waals surface area (Å²) >= 11 is 0. The summed E-state index contributed by atoms with van der Waals surface area (Å²) in [4.78, 5) is -0.0990. The molecule has 21 heavy (non-hydrogen) atoms. The number of ether oxygens (including phenoxy) is 2. The van der Waals surface area contributed by atoms with Gasteiger partial charge in [-0.05, 0) is 18.2 Å². The zero-order chi connectivity index (χ0) is 15.5. The smallest absolute Gasteiger partial charge is 0.240 e. The van der Waals surface area contributed by atoms with Gasteiger partial charge in [0, 0.05) is 32.2 Å². The molecule has 1 saturated heterocycles. The van der Waals surface area contributed by atoms with Crippen molar-refractivity contribution in [3.8, 4) is 0 Å². The fourth-order valence-electron chi connectivity index (χ4n) is 2.11. The third-order valence-corrected chi connectivity index (χ3v) is 4.98. The van der Waals surface area contributed by atoms with Crippen LogP contribution >= 0.6 is 0 Å². The van der Waals surface area contributed by atoms with Crippen LogP contribution in [0.1, 0.15) is 12.0 Å². The molecule has 1 aliphatic rings. The van der Waals surface area contributed by atoms with E-state index in [0.29, 0.717) is 19.6 Å². The van der Waals surface area contributed by atoms with E-state index in [0.717, 1.165) is 18.2 Å². The molecule has 0 radical (unpaired) electrons. The van der Waals surface area contributed by atoms with Gasteiger partial charge in [0.1, 0.15) is 11.4 Å². The predicted molar refractivity (Wildman–Crippen MR) is 72.7 cm³/mol. The standard InChI is InChI=1S/C13H18FNO5S/c1-19-13(4-5-20-9-13)8-15-21(17,18)11-2-3-12(14)10(6-11)7-16/h2-3,6,15-16H,4-5,7-9H2,1H3. The lowest BCUT2D eigenvalue weighted by atomic mass is 10.0. The Kier molecular flexibility index (Phi) is 4.95. The van der Waals surface area contributed by atoms with E-state index in [1.54, 1.807) is 0 Å². The summed E-state index contributed by atoms with van der Waals surface area (Å²) < 4.78 is 50.7. The van der Waals surface area contributed by atoms with Crippen molar-refractivity contribution in [1.82, 2.24) is 4.72 Å². The Balaban J connectivity index is 2.15. The molecule has 1 aromatic rings. The third-order valence-electron chi connectivity index (χ3n) is 3.58. The number of methoxy groups -OCH3 is 1. The number of aliphatic hydroxyl groups is 1. The van der Waals surface area contributed by atoms with Crippen molar-refractivity contribution >= 4 is 10.0 Å². The largest absolute Gasteiger partial charge is 0.392 e. The number of rotatable bonds is 6. The lowest BCUT2D eigenvalue weighted by Crippen LogP contribution is -2.44. The van der Waals surface area contributed by atoms with Crippen molar-refractivity contribution in [2.45, 2.75) is 23.5 Å². The van der Waals surface area contributed by atoms with Crippen molar-refractivity contribution in [1.29, 1.82) is 0 Å². The second kappa shape index (κ2) is 6.37. The van der Waals surface area contributed by atoms with Crippen molar-refractivity contribution in [2.24, 2.45) is 0 Å². The van der Waals surface area contributed by atoms with Crippen LogP contribution in [-0.2, 0) is 26.1 Å². The molecule has 0 aliphatic carbocycles. The van der Waals surface area contributed by atoms with E-state index in [9.17, 15) is 12.8 Å². The Hall–Kier alpha value is -1.06. The Bertz CT molecular complexity index is 599. The molecule has 1 heterocycles. The summed E-state index contributed by atoms with van der Waals surface area (Å²) in [7, 11) is -2.30. The van der Waals surface area contributed by atoms with Crippen LogP contribution in [0.2, 0.25) is 0 Å². The van der Waals surface area contributed by atoms with Gasteiger partial charge in [-0.1, -0.05) is 0 Å². The zero-order valence-electron chi connectivity index (χ0n) is 11.6. The average Bonchev–Trinajstić information content (AvgIpc) is 2.95. The van der Waals surface area contributed by atoms with Crippen molar-refractivity contribution < 1.29 is 27.4 Å². The van der Waals surface area contributed by atoms with E-state index in [2.05, 4.69) is 4.72 Å². The second-order valence-corrected chi connectivity index (χ2v) is 6.69. The van der Waals surface area contributed by atoms with Gasteiger partial charge < -0.3 is 14.6 Å². The molecule has 2 rings (SSSR count). The summed E-state index contributed by atoms with van der Waals surface area (Å²) in [5.41, 5.74) is -0.740. The molecule has 8 heteroatoms. The van der Waals surface area contributed by atoms with Crippen molar-refractivity contribution in [3.63, 3.8) is 0 Å². The topological polar surface area (TPSA) is 84.9 Å². The third kappa shape index (κ3) is 3.58. The number of halogens is 1. The summed E-state index contributed by atoms with van der Waals surface area (Å²) in [6.45, 7) is 0.334. The summed E-state index contributed by atoms with van der Waals surface area (Å²) in [6, 6.07) is 3.29. The monoisotopic (exact) mass is 319 g/mol. The minimum Gasteiger partial charge on any atom is -0.392 e. The fourth-order valence-corrected chi connectivity index (χ4v) is 3.27. The Morgan fingerprint density at radius 3 is 2.86 bits per heavy atom. The summed E-state index contributed by atoms with van der Waals surface area (Å²) in [6.07, 6.45) is 0.595. The van der Waals surface area contributed by atoms with E-state index in [1.165, 1.54) is 7.11 Å². The summed E-state index contributed by atoms with van der Waals surface area (Å²) in [5, 5.41) is 9.00. The molecule has 1 atom stereocenters. The predicted octanol–water partition coefficient (Wildman–Crippen LogP) is 0.402. The molecule has 1 unspecified atom stereocenters. The molecule has 6 nitrogen and oxygen atoms in total. The van der Waals surface area contributed by atoms with Crippen molar-refractivity contribution in [3.05, 3.63) is 29.6 Å². The molecule has 0 amide bonds. The van der Waals surface area contributed by atoms with Gasteiger partial charge in [0.05, 0.1) is 18.1 Å². The maximum Gasteiger partial charge on any atom is 0.240 e. The van der Waals surface area contributed by atoms with Crippen LogP contribution in [0.25, 0.3) is 0 Å². The maximum atomic E-state index is 13.3. The van der Waals surface area contributed by atoms with Crippen LogP contribution in [0.4, 0.5) is 4.39 Å². The lowest BCUT2D eigenvalue weighted by molar-refractivity contribution is -0.0120. The molecule has 0 aromatic heterocycles. The number of aliphatic hydroxyl groups excluding tert-OH is 1. The number of nitrogens with one attached hydrogen (secondary N) is 1. The number of hydrogen-bond donors (Lipinski definition) is 2. The maximum absolute atomic E-state index is 13.3. The normalized spacial score (nSPS) is 22.6. The zero-order valence-corrected chi connectivity index (χ0v) is 12.5. The van der Waals surface area contributed by atoms with Gasteiger partial charge in [-0.3, -0.25) is 0 Å². The second-order valence-electron chi connectivity index (χ2n) is 4.93. The first kappa shape index (κ1) is 16.3. The van der Waals surface area contributed by atoms with Gasteiger partial charge >= 0.3 is 0 Å². The van der Waals surface area contributed by atoms with E-state index in [1.807, 2.05) is 0 Å². The highest BCUT2D eigenvalue weighted by molar-refractivity contribution is 7.89. The van der Waals surface area contributed by atoms with Crippen LogP contribution < -0.4 is 4.72 Å². The highest BCUT2D eigenvalue weighted by Gasteiger charge is 2.36. The van der Waals surface area contributed by atoms with Gasteiger partial charge in [-0.25, -0.2) is 17.5 Å². The highest BCUT2D eigenvalue weighted by atomic mass is 32.2. The van der Waals surface area contributed by atoms with Crippen LogP contribution in [-0.4, -0.2) is 46.0 Å². The Morgan fingerprint density at radius 2 is 2.29 bits per heavy atom. The fraction of sp³-hybridized carbons (Fsp3) is 0.538. The number of benzene rings is 1. The molecule has 1 fully saturated rings. The van der Waals surface area contributed by atoms with E-state index < -0.39 is 28.0 Å². The first-order valence-corrected chi connectivity index (χ1v) is 7.93. The SMILES string of the molecule is COC1(CNS(=O)(=O)c2ccc(F)c(CO)c2)CCOC1. The van der Waals surface area contributed by atoms with E-state index in [4.69, 9.17) is 14.6 Å². The molecule has 0 bridgehead atoms. The molecule has 0 spiro atoms. The average molecular weight is 319 g/mol. The number of sulfonamides is 1. The van der Waals surface area contributed by atoms with Gasteiger partial charge in [-0.15, -0.1) is 0 Å². The van der Waals surface area contributed by atoms with E-state index in [-0.39, 0.29) is 17.0 Å².